The van der Waals surface area contributed by atoms with Crippen LogP contribution >= 0.6 is 0 Å². The monoisotopic (exact) mass is 378 g/mol. The van der Waals surface area contributed by atoms with Crippen LogP contribution in [0.1, 0.15) is 12.5 Å². The maximum absolute atomic E-state index is 11.9. The van der Waals surface area contributed by atoms with E-state index < -0.39 is 5.79 Å². The summed E-state index contributed by atoms with van der Waals surface area (Å²) >= 11 is 0. The standard InChI is InChI=1S/C21H22N4O3/c1-13-5-4-6-15(9-13)19-16(11-22-25(19)12-21(2,27)28)14-7-8-18-17(10-14)23-20(26)24(18)3/h4-11,27-28H,12H2,1-3H3,(H,23,26). The first-order chi connectivity index (χ1) is 13.2. The Labute approximate surface area is 161 Å². The van der Waals surface area contributed by atoms with Gasteiger partial charge < -0.3 is 15.2 Å². The Bertz CT molecular complexity index is 1220. The number of imidazole rings is 1. The summed E-state index contributed by atoms with van der Waals surface area (Å²) in [6.45, 7) is 3.27. The third-order valence-corrected chi connectivity index (χ3v) is 4.80. The van der Waals surface area contributed by atoms with E-state index in [1.807, 2.05) is 49.4 Å². The lowest BCUT2D eigenvalue weighted by atomic mass is 10.00. The van der Waals surface area contributed by atoms with E-state index in [1.54, 1.807) is 22.5 Å². The first kappa shape index (κ1) is 18.2. The van der Waals surface area contributed by atoms with Gasteiger partial charge in [0.2, 0.25) is 0 Å². The minimum absolute atomic E-state index is 0.0688. The molecular weight excluding hydrogens is 356 g/mol. The number of aromatic amines is 1. The molecule has 0 radical (unpaired) electrons. The van der Waals surface area contributed by atoms with E-state index in [2.05, 4.69) is 10.1 Å². The lowest BCUT2D eigenvalue weighted by molar-refractivity contribution is -0.156. The van der Waals surface area contributed by atoms with E-state index in [9.17, 15) is 15.0 Å². The van der Waals surface area contributed by atoms with Gasteiger partial charge in [-0.25, -0.2) is 4.79 Å². The van der Waals surface area contributed by atoms with Gasteiger partial charge in [0.05, 0.1) is 29.5 Å². The Balaban J connectivity index is 1.93. The normalized spacial score (nSPS) is 12.0. The molecular formula is C21H22N4O3. The average Bonchev–Trinajstić information content (AvgIpc) is 3.14. The molecule has 4 rings (SSSR count). The van der Waals surface area contributed by atoms with E-state index in [1.165, 1.54) is 6.92 Å². The lowest BCUT2D eigenvalue weighted by Gasteiger charge is -2.18. The summed E-state index contributed by atoms with van der Waals surface area (Å²) in [5.74, 6) is -1.89. The molecule has 7 heteroatoms. The number of H-pyrrole nitrogens is 1. The van der Waals surface area contributed by atoms with Gasteiger partial charge in [-0.15, -0.1) is 0 Å². The van der Waals surface area contributed by atoms with E-state index in [4.69, 9.17) is 0 Å². The molecule has 0 bridgehead atoms. The maximum atomic E-state index is 11.9. The quantitative estimate of drug-likeness (QED) is 0.475. The van der Waals surface area contributed by atoms with Crippen LogP contribution in [-0.4, -0.2) is 35.3 Å². The van der Waals surface area contributed by atoms with Crippen LogP contribution in [0.25, 0.3) is 33.4 Å². The zero-order chi connectivity index (χ0) is 20.1. The summed E-state index contributed by atoms with van der Waals surface area (Å²) in [6, 6.07) is 13.7. The molecule has 0 spiro atoms. The summed E-state index contributed by atoms with van der Waals surface area (Å²) in [6.07, 6.45) is 1.71. The summed E-state index contributed by atoms with van der Waals surface area (Å²) in [5.41, 5.74) is 5.93. The molecule has 0 atom stereocenters. The molecule has 4 aromatic rings. The maximum Gasteiger partial charge on any atom is 0.326 e. The average molecular weight is 378 g/mol. The van der Waals surface area contributed by atoms with Gasteiger partial charge in [-0.2, -0.15) is 5.10 Å². The largest absolute Gasteiger partial charge is 0.364 e. The van der Waals surface area contributed by atoms with Gasteiger partial charge in [-0.1, -0.05) is 29.8 Å². The van der Waals surface area contributed by atoms with Crippen LogP contribution in [0.5, 0.6) is 0 Å². The van der Waals surface area contributed by atoms with Crippen LogP contribution in [0.2, 0.25) is 0 Å². The van der Waals surface area contributed by atoms with Crippen molar-refractivity contribution in [2.75, 3.05) is 0 Å². The summed E-state index contributed by atoms with van der Waals surface area (Å²) < 4.78 is 3.16. The number of hydrogen-bond donors (Lipinski definition) is 3. The topological polar surface area (TPSA) is 96.1 Å². The molecule has 0 aliphatic heterocycles. The van der Waals surface area contributed by atoms with E-state index in [0.717, 1.165) is 39.0 Å². The molecule has 0 saturated heterocycles. The Morgan fingerprint density at radius 1 is 1.14 bits per heavy atom. The molecule has 7 nitrogen and oxygen atoms in total. The number of nitrogens with zero attached hydrogens (tertiary/aromatic N) is 3. The molecule has 2 heterocycles. The van der Waals surface area contributed by atoms with Gasteiger partial charge in [0.15, 0.2) is 5.79 Å². The highest BCUT2D eigenvalue weighted by atomic mass is 16.5. The summed E-state index contributed by atoms with van der Waals surface area (Å²) in [5, 5.41) is 24.2. The van der Waals surface area contributed by atoms with Crippen LogP contribution in [0.4, 0.5) is 0 Å². The highest BCUT2D eigenvalue weighted by molar-refractivity contribution is 5.87. The predicted octanol–water partition coefficient (Wildman–Crippen LogP) is 2.41. The first-order valence-corrected chi connectivity index (χ1v) is 9.00. The Morgan fingerprint density at radius 2 is 1.93 bits per heavy atom. The number of nitrogens with one attached hydrogen (secondary N) is 1. The zero-order valence-corrected chi connectivity index (χ0v) is 16.0. The van der Waals surface area contributed by atoms with Gasteiger partial charge in [0, 0.05) is 18.2 Å². The van der Waals surface area contributed by atoms with Crippen molar-refractivity contribution < 1.29 is 10.2 Å². The molecule has 0 fully saturated rings. The zero-order valence-electron chi connectivity index (χ0n) is 16.0. The Kier molecular flexibility index (Phi) is 4.21. The third-order valence-electron chi connectivity index (χ3n) is 4.80. The van der Waals surface area contributed by atoms with Crippen molar-refractivity contribution >= 4 is 11.0 Å². The molecule has 0 saturated carbocycles. The van der Waals surface area contributed by atoms with Crippen molar-refractivity contribution in [3.05, 3.63) is 64.7 Å². The molecule has 2 aromatic heterocycles. The van der Waals surface area contributed by atoms with Crippen LogP contribution < -0.4 is 5.69 Å². The second-order valence-corrected chi connectivity index (χ2v) is 7.37. The summed E-state index contributed by atoms with van der Waals surface area (Å²) in [7, 11) is 1.72. The highest BCUT2D eigenvalue weighted by Crippen LogP contribution is 2.34. The predicted molar refractivity (Wildman–Crippen MR) is 108 cm³/mol. The van der Waals surface area contributed by atoms with Crippen molar-refractivity contribution in [1.29, 1.82) is 0 Å². The van der Waals surface area contributed by atoms with Crippen LogP contribution in [0, 0.1) is 6.92 Å². The number of aromatic nitrogens is 4. The van der Waals surface area contributed by atoms with Gasteiger partial charge in [-0.05, 0) is 37.6 Å². The van der Waals surface area contributed by atoms with E-state index >= 15 is 0 Å². The molecule has 144 valence electrons. The number of fused-ring (bicyclic) bond motifs is 1. The van der Waals surface area contributed by atoms with Crippen molar-refractivity contribution in [2.45, 2.75) is 26.2 Å². The van der Waals surface area contributed by atoms with Gasteiger partial charge in [0.1, 0.15) is 0 Å². The van der Waals surface area contributed by atoms with Crippen molar-refractivity contribution in [3.63, 3.8) is 0 Å². The van der Waals surface area contributed by atoms with E-state index in [-0.39, 0.29) is 12.2 Å². The fraction of sp³-hybridized carbons (Fsp3) is 0.238. The van der Waals surface area contributed by atoms with Gasteiger partial charge in [-0.3, -0.25) is 9.25 Å². The molecule has 28 heavy (non-hydrogen) atoms. The number of rotatable bonds is 4. The van der Waals surface area contributed by atoms with Crippen LogP contribution in [0.15, 0.2) is 53.5 Å². The number of benzene rings is 2. The second-order valence-electron chi connectivity index (χ2n) is 7.37. The molecule has 0 aliphatic rings. The molecule has 3 N–H and O–H groups in total. The summed E-state index contributed by atoms with van der Waals surface area (Å²) in [4.78, 5) is 14.8. The van der Waals surface area contributed by atoms with Crippen LogP contribution in [0.3, 0.4) is 0 Å². The molecule has 0 unspecified atom stereocenters. The first-order valence-electron chi connectivity index (χ1n) is 9.00. The molecule has 2 aromatic carbocycles. The Morgan fingerprint density at radius 3 is 2.64 bits per heavy atom. The SMILES string of the molecule is Cc1cccc(-c2c(-c3ccc4c(c3)[nH]c(=O)n4C)cnn2CC(C)(O)O)c1. The number of aryl methyl sites for hydroxylation is 2. The minimum atomic E-state index is -1.89. The minimum Gasteiger partial charge on any atom is -0.364 e. The third kappa shape index (κ3) is 3.26. The second kappa shape index (κ2) is 6.47. The number of aliphatic hydroxyl groups is 2. The number of hydrogen-bond acceptors (Lipinski definition) is 4. The fourth-order valence-electron chi connectivity index (χ4n) is 3.50. The van der Waals surface area contributed by atoms with Gasteiger partial charge >= 0.3 is 5.69 Å². The molecule has 0 aliphatic carbocycles. The van der Waals surface area contributed by atoms with Crippen molar-refractivity contribution in [3.8, 4) is 22.4 Å². The lowest BCUT2D eigenvalue weighted by Crippen LogP contribution is -2.30. The van der Waals surface area contributed by atoms with Gasteiger partial charge in [0.25, 0.3) is 0 Å². The van der Waals surface area contributed by atoms with E-state index in [0.29, 0.717) is 0 Å². The highest BCUT2D eigenvalue weighted by Gasteiger charge is 2.22. The smallest absolute Gasteiger partial charge is 0.326 e. The van der Waals surface area contributed by atoms with Crippen molar-refractivity contribution in [2.24, 2.45) is 7.05 Å². The van der Waals surface area contributed by atoms with Crippen LogP contribution in [-0.2, 0) is 13.6 Å². The van der Waals surface area contributed by atoms with Crippen molar-refractivity contribution in [1.82, 2.24) is 19.3 Å². The fourth-order valence-corrected chi connectivity index (χ4v) is 3.50. The Hall–Kier alpha value is -3.16. The molecule has 0 amide bonds.